The average molecular weight is 327 g/mol. The summed E-state index contributed by atoms with van der Waals surface area (Å²) in [5.41, 5.74) is 2.02. The first-order valence-electron chi connectivity index (χ1n) is 7.11. The van der Waals surface area contributed by atoms with Crippen molar-refractivity contribution in [2.24, 2.45) is 0 Å². The zero-order valence-electron chi connectivity index (χ0n) is 12.3. The van der Waals surface area contributed by atoms with E-state index in [1.54, 1.807) is 12.4 Å². The van der Waals surface area contributed by atoms with E-state index in [-0.39, 0.29) is 0 Å². The van der Waals surface area contributed by atoms with E-state index >= 15 is 0 Å². The van der Waals surface area contributed by atoms with Gasteiger partial charge in [-0.25, -0.2) is 0 Å². The van der Waals surface area contributed by atoms with Crippen molar-refractivity contribution < 1.29 is 0 Å². The molecular weight excluding hydrogens is 312 g/mol. The Bertz CT molecular complexity index is 748. The fraction of sp³-hybridized carbons (Fsp3) is 0.125. The molecule has 0 spiro atoms. The molecule has 7 heteroatoms. The molecule has 2 heterocycles. The van der Waals surface area contributed by atoms with Crippen LogP contribution in [-0.4, -0.2) is 20.2 Å². The van der Waals surface area contributed by atoms with Gasteiger partial charge in [-0.05, 0) is 29.8 Å². The lowest BCUT2D eigenvalue weighted by molar-refractivity contribution is 0.931. The highest BCUT2D eigenvalue weighted by Crippen LogP contribution is 2.11. The molecule has 0 atom stereocenters. The van der Waals surface area contributed by atoms with E-state index in [9.17, 15) is 0 Å². The number of hydrogen-bond donors (Lipinski definition) is 2. The van der Waals surface area contributed by atoms with E-state index in [0.717, 1.165) is 11.3 Å². The lowest BCUT2D eigenvalue weighted by Crippen LogP contribution is -2.08. The Labute approximate surface area is 139 Å². The van der Waals surface area contributed by atoms with Crippen LogP contribution in [0, 0.1) is 0 Å². The van der Waals surface area contributed by atoms with Crippen LogP contribution in [0.5, 0.6) is 0 Å². The van der Waals surface area contributed by atoms with Crippen LogP contribution in [0.4, 0.5) is 11.8 Å². The maximum Gasteiger partial charge on any atom is 0.244 e. The Morgan fingerprint density at radius 1 is 0.957 bits per heavy atom. The van der Waals surface area contributed by atoms with Crippen molar-refractivity contribution in [3.8, 4) is 0 Å². The van der Waals surface area contributed by atoms with Gasteiger partial charge in [0.25, 0.3) is 0 Å². The largest absolute Gasteiger partial charge is 0.363 e. The van der Waals surface area contributed by atoms with Gasteiger partial charge in [0.1, 0.15) is 0 Å². The van der Waals surface area contributed by atoms with Gasteiger partial charge in [-0.15, -0.1) is 5.10 Å². The summed E-state index contributed by atoms with van der Waals surface area (Å²) in [6.07, 6.45) is 3.34. The molecule has 0 radical (unpaired) electrons. The third-order valence-electron chi connectivity index (χ3n) is 3.10. The molecule has 6 nitrogen and oxygen atoms in total. The number of nitrogens with one attached hydrogen (secondary N) is 2. The number of nitrogens with zero attached hydrogens (tertiary/aromatic N) is 4. The second kappa shape index (κ2) is 7.51. The smallest absolute Gasteiger partial charge is 0.244 e. The van der Waals surface area contributed by atoms with Crippen molar-refractivity contribution >= 4 is 23.4 Å². The molecule has 0 saturated heterocycles. The number of hydrogen-bond acceptors (Lipinski definition) is 6. The standard InChI is InChI=1S/C16H15ClN6/c17-13-6-4-12(5-7-13)9-20-16-22-15(11-21-23-16)19-10-14-3-1-2-8-18-14/h1-8,11H,9-10H2,(H2,19,20,22,23). The SMILES string of the molecule is Clc1ccc(CNc2nncc(NCc3ccccn3)n2)cc1. The van der Waals surface area contributed by atoms with Crippen LogP contribution in [0.15, 0.2) is 54.9 Å². The molecule has 0 bridgehead atoms. The van der Waals surface area contributed by atoms with Crippen LogP contribution in [0.2, 0.25) is 5.02 Å². The van der Waals surface area contributed by atoms with Crippen LogP contribution >= 0.6 is 11.6 Å². The Kier molecular flexibility index (Phi) is 4.95. The highest BCUT2D eigenvalue weighted by Gasteiger charge is 2.01. The summed E-state index contributed by atoms with van der Waals surface area (Å²) in [5, 5.41) is 14.9. The summed E-state index contributed by atoms with van der Waals surface area (Å²) in [4.78, 5) is 8.62. The Morgan fingerprint density at radius 3 is 2.61 bits per heavy atom. The van der Waals surface area contributed by atoms with Crippen molar-refractivity contribution in [1.82, 2.24) is 20.2 Å². The van der Waals surface area contributed by atoms with E-state index in [4.69, 9.17) is 11.6 Å². The Morgan fingerprint density at radius 2 is 1.83 bits per heavy atom. The minimum absolute atomic E-state index is 0.464. The molecule has 116 valence electrons. The number of rotatable bonds is 6. The van der Waals surface area contributed by atoms with Crippen LogP contribution in [0.25, 0.3) is 0 Å². The zero-order valence-corrected chi connectivity index (χ0v) is 13.0. The van der Waals surface area contributed by atoms with Gasteiger partial charge in [-0.3, -0.25) is 4.98 Å². The van der Waals surface area contributed by atoms with E-state index in [1.165, 1.54) is 0 Å². The predicted octanol–water partition coefficient (Wildman–Crippen LogP) is 3.14. The van der Waals surface area contributed by atoms with E-state index < -0.39 is 0 Å². The Balaban J connectivity index is 1.57. The fourth-order valence-corrected chi connectivity index (χ4v) is 2.06. The second-order valence-corrected chi connectivity index (χ2v) is 5.26. The molecule has 0 saturated carbocycles. The lowest BCUT2D eigenvalue weighted by atomic mass is 10.2. The topological polar surface area (TPSA) is 75.6 Å². The highest BCUT2D eigenvalue weighted by atomic mass is 35.5. The minimum Gasteiger partial charge on any atom is -0.363 e. The van der Waals surface area contributed by atoms with Crippen LogP contribution in [-0.2, 0) is 13.1 Å². The maximum atomic E-state index is 5.87. The molecule has 23 heavy (non-hydrogen) atoms. The molecule has 0 aliphatic rings. The van der Waals surface area contributed by atoms with Crippen LogP contribution in [0.1, 0.15) is 11.3 Å². The van der Waals surface area contributed by atoms with Crippen molar-refractivity contribution in [2.75, 3.05) is 10.6 Å². The van der Waals surface area contributed by atoms with Gasteiger partial charge in [0.2, 0.25) is 5.95 Å². The fourth-order valence-electron chi connectivity index (χ4n) is 1.93. The molecule has 3 aromatic rings. The lowest BCUT2D eigenvalue weighted by Gasteiger charge is -2.07. The molecular formula is C16H15ClN6. The maximum absolute atomic E-state index is 5.87. The monoisotopic (exact) mass is 326 g/mol. The second-order valence-electron chi connectivity index (χ2n) is 4.82. The van der Waals surface area contributed by atoms with Gasteiger partial charge in [-0.2, -0.15) is 10.1 Å². The van der Waals surface area contributed by atoms with Gasteiger partial charge >= 0.3 is 0 Å². The molecule has 3 rings (SSSR count). The summed E-state index contributed by atoms with van der Waals surface area (Å²) in [5.74, 6) is 1.11. The first kappa shape index (κ1) is 15.2. The molecule has 2 aromatic heterocycles. The van der Waals surface area contributed by atoms with Gasteiger partial charge < -0.3 is 10.6 Å². The Hall–Kier alpha value is -2.73. The number of benzene rings is 1. The van der Waals surface area contributed by atoms with Gasteiger partial charge in [0, 0.05) is 17.8 Å². The molecule has 2 N–H and O–H groups in total. The number of anilines is 2. The van der Waals surface area contributed by atoms with Gasteiger partial charge in [0.15, 0.2) is 5.82 Å². The van der Waals surface area contributed by atoms with Crippen molar-refractivity contribution in [2.45, 2.75) is 13.1 Å². The summed E-state index contributed by atoms with van der Waals surface area (Å²) in [6, 6.07) is 13.4. The highest BCUT2D eigenvalue weighted by molar-refractivity contribution is 6.30. The van der Waals surface area contributed by atoms with Crippen molar-refractivity contribution in [1.29, 1.82) is 0 Å². The number of pyridine rings is 1. The number of aromatic nitrogens is 4. The third-order valence-corrected chi connectivity index (χ3v) is 3.35. The van der Waals surface area contributed by atoms with E-state index in [0.29, 0.717) is 29.9 Å². The average Bonchev–Trinajstić information content (AvgIpc) is 2.61. The zero-order chi connectivity index (χ0) is 15.9. The summed E-state index contributed by atoms with van der Waals surface area (Å²) in [6.45, 7) is 1.18. The van der Waals surface area contributed by atoms with Crippen molar-refractivity contribution in [3.63, 3.8) is 0 Å². The van der Waals surface area contributed by atoms with E-state index in [2.05, 4.69) is 30.8 Å². The molecule has 0 fully saturated rings. The van der Waals surface area contributed by atoms with Crippen molar-refractivity contribution in [3.05, 3.63) is 71.1 Å². The molecule has 0 aliphatic carbocycles. The number of halogens is 1. The molecule has 1 aromatic carbocycles. The normalized spacial score (nSPS) is 10.3. The van der Waals surface area contributed by atoms with E-state index in [1.807, 2.05) is 42.5 Å². The summed E-state index contributed by atoms with van der Waals surface area (Å²) < 4.78 is 0. The first-order chi connectivity index (χ1) is 11.3. The first-order valence-corrected chi connectivity index (χ1v) is 7.49. The van der Waals surface area contributed by atoms with Gasteiger partial charge in [0.05, 0.1) is 18.4 Å². The quantitative estimate of drug-likeness (QED) is 0.724. The van der Waals surface area contributed by atoms with Crippen LogP contribution < -0.4 is 10.6 Å². The summed E-state index contributed by atoms with van der Waals surface area (Å²) in [7, 11) is 0. The van der Waals surface area contributed by atoms with Crippen LogP contribution in [0.3, 0.4) is 0 Å². The predicted molar refractivity (Wildman–Crippen MR) is 90.2 cm³/mol. The van der Waals surface area contributed by atoms with Gasteiger partial charge in [-0.1, -0.05) is 29.8 Å². The molecule has 0 unspecified atom stereocenters. The molecule has 0 amide bonds. The third kappa shape index (κ3) is 4.62. The molecule has 0 aliphatic heterocycles. The summed E-state index contributed by atoms with van der Waals surface area (Å²) >= 11 is 5.87. The minimum atomic E-state index is 0.464.